The summed E-state index contributed by atoms with van der Waals surface area (Å²) in [6, 6.07) is 5.96. The minimum Gasteiger partial charge on any atom is -0.328 e. The molecule has 3 nitrogen and oxygen atoms in total. The molecular formula is C15H20ClN3. The van der Waals surface area contributed by atoms with E-state index in [9.17, 15) is 0 Å². The highest BCUT2D eigenvalue weighted by atomic mass is 35.5. The number of nitrogens with zero attached hydrogens (tertiary/aromatic N) is 2. The van der Waals surface area contributed by atoms with Gasteiger partial charge in [-0.2, -0.15) is 0 Å². The third kappa shape index (κ3) is 2.63. The number of hydrogen-bond acceptors (Lipinski definition) is 2. The second-order valence-corrected chi connectivity index (χ2v) is 5.76. The van der Waals surface area contributed by atoms with Crippen LogP contribution in [0.3, 0.4) is 0 Å². The Hall–Kier alpha value is -1.06. The van der Waals surface area contributed by atoms with Gasteiger partial charge in [-0.05, 0) is 57.0 Å². The molecule has 1 N–H and O–H groups in total. The summed E-state index contributed by atoms with van der Waals surface area (Å²) in [5, 5.41) is 4.26. The number of hydrogen-bond donors (Lipinski definition) is 1. The van der Waals surface area contributed by atoms with Gasteiger partial charge in [0.15, 0.2) is 0 Å². The van der Waals surface area contributed by atoms with Gasteiger partial charge in [-0.15, -0.1) is 0 Å². The number of aryl methyl sites for hydroxylation is 1. The zero-order valence-electron chi connectivity index (χ0n) is 11.3. The SMILES string of the molecule is CCn1c(CC2CCCNC2)nc2ccc(Cl)cc21. The number of fused-ring (bicyclic) bond motifs is 1. The largest absolute Gasteiger partial charge is 0.328 e. The molecule has 1 atom stereocenters. The summed E-state index contributed by atoms with van der Waals surface area (Å²) in [7, 11) is 0. The van der Waals surface area contributed by atoms with Gasteiger partial charge in [-0.3, -0.25) is 0 Å². The molecule has 0 saturated carbocycles. The van der Waals surface area contributed by atoms with E-state index in [4.69, 9.17) is 16.6 Å². The molecule has 1 unspecified atom stereocenters. The van der Waals surface area contributed by atoms with Crippen LogP contribution in [0.15, 0.2) is 18.2 Å². The van der Waals surface area contributed by atoms with E-state index in [-0.39, 0.29) is 0 Å². The summed E-state index contributed by atoms with van der Waals surface area (Å²) in [5.41, 5.74) is 2.22. The monoisotopic (exact) mass is 277 g/mol. The molecule has 2 heterocycles. The first-order chi connectivity index (χ1) is 9.28. The van der Waals surface area contributed by atoms with Crippen molar-refractivity contribution in [2.75, 3.05) is 13.1 Å². The van der Waals surface area contributed by atoms with E-state index in [1.165, 1.54) is 18.7 Å². The van der Waals surface area contributed by atoms with Crippen LogP contribution < -0.4 is 5.32 Å². The van der Waals surface area contributed by atoms with E-state index in [0.29, 0.717) is 5.92 Å². The summed E-state index contributed by atoms with van der Waals surface area (Å²) in [6.45, 7) is 5.40. The predicted molar refractivity (Wildman–Crippen MR) is 79.7 cm³/mol. The number of rotatable bonds is 3. The van der Waals surface area contributed by atoms with Gasteiger partial charge in [-0.1, -0.05) is 11.6 Å². The third-order valence-electron chi connectivity index (χ3n) is 3.98. The van der Waals surface area contributed by atoms with Gasteiger partial charge in [0.2, 0.25) is 0 Å². The Morgan fingerprint density at radius 2 is 2.37 bits per heavy atom. The molecule has 1 aromatic heterocycles. The van der Waals surface area contributed by atoms with Crippen molar-refractivity contribution in [1.29, 1.82) is 0 Å². The smallest absolute Gasteiger partial charge is 0.110 e. The third-order valence-corrected chi connectivity index (χ3v) is 4.21. The van der Waals surface area contributed by atoms with Crippen LogP contribution in [0.25, 0.3) is 11.0 Å². The van der Waals surface area contributed by atoms with Gasteiger partial charge < -0.3 is 9.88 Å². The van der Waals surface area contributed by atoms with E-state index in [1.54, 1.807) is 0 Å². The van der Waals surface area contributed by atoms with Crippen LogP contribution in [0.4, 0.5) is 0 Å². The number of aromatic nitrogens is 2. The molecular weight excluding hydrogens is 258 g/mol. The molecule has 1 aromatic carbocycles. The van der Waals surface area contributed by atoms with Crippen molar-refractivity contribution in [2.24, 2.45) is 5.92 Å². The lowest BCUT2D eigenvalue weighted by Crippen LogP contribution is -2.31. The van der Waals surface area contributed by atoms with Gasteiger partial charge in [0.25, 0.3) is 0 Å². The molecule has 0 amide bonds. The first kappa shape index (κ1) is 12.9. The van der Waals surface area contributed by atoms with Crippen LogP contribution in [-0.4, -0.2) is 22.6 Å². The van der Waals surface area contributed by atoms with E-state index in [0.717, 1.165) is 42.1 Å². The first-order valence-corrected chi connectivity index (χ1v) is 7.51. The Labute approximate surface area is 119 Å². The van der Waals surface area contributed by atoms with Gasteiger partial charge >= 0.3 is 0 Å². The topological polar surface area (TPSA) is 29.9 Å². The van der Waals surface area contributed by atoms with Gasteiger partial charge in [0, 0.05) is 18.0 Å². The summed E-state index contributed by atoms with van der Waals surface area (Å²) < 4.78 is 2.30. The van der Waals surface area contributed by atoms with Crippen LogP contribution in [-0.2, 0) is 13.0 Å². The quantitative estimate of drug-likeness (QED) is 0.933. The van der Waals surface area contributed by atoms with Crippen molar-refractivity contribution < 1.29 is 0 Å². The first-order valence-electron chi connectivity index (χ1n) is 7.13. The van der Waals surface area contributed by atoms with Crippen LogP contribution in [0.5, 0.6) is 0 Å². The molecule has 4 heteroatoms. The zero-order valence-corrected chi connectivity index (χ0v) is 12.1. The Bertz CT molecular complexity index is 570. The van der Waals surface area contributed by atoms with Crippen LogP contribution in [0, 0.1) is 5.92 Å². The highest BCUT2D eigenvalue weighted by Gasteiger charge is 2.18. The average molecular weight is 278 g/mol. The Morgan fingerprint density at radius 3 is 3.11 bits per heavy atom. The molecule has 1 aliphatic heterocycles. The number of benzene rings is 1. The van der Waals surface area contributed by atoms with Crippen molar-refractivity contribution in [3.63, 3.8) is 0 Å². The number of halogens is 1. The standard InChI is InChI=1S/C15H20ClN3/c1-2-19-14-9-12(16)5-6-13(14)18-15(19)8-11-4-3-7-17-10-11/h5-6,9,11,17H,2-4,7-8,10H2,1H3. The summed E-state index contributed by atoms with van der Waals surface area (Å²) in [4.78, 5) is 4.80. The van der Waals surface area contributed by atoms with E-state index < -0.39 is 0 Å². The lowest BCUT2D eigenvalue weighted by Gasteiger charge is -2.22. The summed E-state index contributed by atoms with van der Waals surface area (Å²) in [6.07, 6.45) is 3.65. The number of imidazole rings is 1. The van der Waals surface area contributed by atoms with Gasteiger partial charge in [-0.25, -0.2) is 4.98 Å². The van der Waals surface area contributed by atoms with Crippen molar-refractivity contribution in [3.05, 3.63) is 29.0 Å². The second-order valence-electron chi connectivity index (χ2n) is 5.32. The molecule has 0 spiro atoms. The van der Waals surface area contributed by atoms with Crippen molar-refractivity contribution in [1.82, 2.24) is 14.9 Å². The fraction of sp³-hybridized carbons (Fsp3) is 0.533. The molecule has 1 aliphatic rings. The van der Waals surface area contributed by atoms with Gasteiger partial charge in [0.1, 0.15) is 5.82 Å². The van der Waals surface area contributed by atoms with E-state index >= 15 is 0 Å². The van der Waals surface area contributed by atoms with Crippen molar-refractivity contribution in [3.8, 4) is 0 Å². The maximum atomic E-state index is 6.10. The molecule has 102 valence electrons. The summed E-state index contributed by atoms with van der Waals surface area (Å²) in [5.74, 6) is 1.92. The fourth-order valence-electron chi connectivity index (χ4n) is 3.01. The fourth-order valence-corrected chi connectivity index (χ4v) is 3.18. The minimum atomic E-state index is 0.714. The van der Waals surface area contributed by atoms with Crippen LogP contribution in [0.1, 0.15) is 25.6 Å². The highest BCUT2D eigenvalue weighted by molar-refractivity contribution is 6.31. The van der Waals surface area contributed by atoms with Crippen molar-refractivity contribution >= 4 is 22.6 Å². The lowest BCUT2D eigenvalue weighted by atomic mass is 9.96. The van der Waals surface area contributed by atoms with Gasteiger partial charge in [0.05, 0.1) is 11.0 Å². The maximum Gasteiger partial charge on any atom is 0.110 e. The van der Waals surface area contributed by atoms with Crippen molar-refractivity contribution in [2.45, 2.75) is 32.7 Å². The molecule has 1 saturated heterocycles. The van der Waals surface area contributed by atoms with E-state index in [2.05, 4.69) is 16.8 Å². The van der Waals surface area contributed by atoms with E-state index in [1.807, 2.05) is 18.2 Å². The molecule has 0 radical (unpaired) electrons. The Balaban J connectivity index is 1.93. The minimum absolute atomic E-state index is 0.714. The molecule has 19 heavy (non-hydrogen) atoms. The number of nitrogens with one attached hydrogen (secondary N) is 1. The predicted octanol–water partition coefficient (Wildman–Crippen LogP) is 3.25. The molecule has 3 rings (SSSR count). The number of piperidine rings is 1. The highest BCUT2D eigenvalue weighted by Crippen LogP contribution is 2.23. The maximum absolute atomic E-state index is 6.10. The van der Waals surface area contributed by atoms with Crippen LogP contribution in [0.2, 0.25) is 5.02 Å². The molecule has 0 bridgehead atoms. The molecule has 2 aromatic rings. The zero-order chi connectivity index (χ0) is 13.2. The Morgan fingerprint density at radius 1 is 1.47 bits per heavy atom. The second kappa shape index (κ2) is 5.51. The van der Waals surface area contributed by atoms with Crippen LogP contribution >= 0.6 is 11.6 Å². The average Bonchev–Trinajstić information content (AvgIpc) is 2.76. The summed E-state index contributed by atoms with van der Waals surface area (Å²) >= 11 is 6.10. The Kier molecular flexibility index (Phi) is 3.76. The molecule has 0 aliphatic carbocycles. The molecule has 1 fully saturated rings. The normalized spacial score (nSPS) is 20.0. The lowest BCUT2D eigenvalue weighted by molar-refractivity contribution is 0.367.